The Balaban J connectivity index is 0.00000141. The van der Waals surface area contributed by atoms with Crippen molar-refractivity contribution in [1.82, 2.24) is 0 Å². The number of hydrogen-bond donors (Lipinski definition) is 1. The summed E-state index contributed by atoms with van der Waals surface area (Å²) < 4.78 is 4.54. The zero-order valence-corrected chi connectivity index (χ0v) is 17.6. The van der Waals surface area contributed by atoms with Gasteiger partial charge in [-0.25, -0.2) is 0 Å². The molecule has 0 aliphatic carbocycles. The number of unbranched alkanes of at least 4 members (excludes halogenated alkanes) is 11. The molecule has 0 saturated carbocycles. The first-order valence-electron chi connectivity index (χ1n) is 10.8. The maximum atomic E-state index is 5.46. The maximum absolute atomic E-state index is 5.46. The van der Waals surface area contributed by atoms with Crippen LogP contribution in [-0.2, 0) is 9.57 Å². The van der Waals surface area contributed by atoms with E-state index in [1.54, 1.807) is 7.11 Å². The number of anilines is 1. The van der Waals surface area contributed by atoms with Crippen LogP contribution in [0.2, 0.25) is 0 Å². The van der Waals surface area contributed by atoms with Crippen molar-refractivity contribution in [3.63, 3.8) is 0 Å². The topological polar surface area (TPSA) is 30.5 Å². The van der Waals surface area contributed by atoms with Gasteiger partial charge in [0.15, 0.2) is 0 Å². The van der Waals surface area contributed by atoms with Gasteiger partial charge < -0.3 is 4.74 Å². The third kappa shape index (κ3) is 19.3. The predicted octanol–water partition coefficient (Wildman–Crippen LogP) is 7.38. The molecule has 0 amide bonds. The number of benzene rings is 1. The highest BCUT2D eigenvalue weighted by Gasteiger charge is 1.94. The first kappa shape index (κ1) is 24.9. The highest BCUT2D eigenvalue weighted by molar-refractivity contribution is 5.39. The molecule has 152 valence electrons. The number of nitrogens with one attached hydrogen (secondary N) is 1. The Labute approximate surface area is 162 Å². The number of hydrogen-bond acceptors (Lipinski definition) is 3. The van der Waals surface area contributed by atoms with Crippen LogP contribution in [0.3, 0.4) is 0 Å². The van der Waals surface area contributed by atoms with E-state index in [0.29, 0.717) is 0 Å². The summed E-state index contributed by atoms with van der Waals surface area (Å²) in [4.78, 5) is 5.46. The Kier molecular flexibility index (Phi) is 21.1. The second-order valence-corrected chi connectivity index (χ2v) is 6.78. The van der Waals surface area contributed by atoms with Gasteiger partial charge in [-0.15, -0.1) is 0 Å². The molecule has 0 fully saturated rings. The quantitative estimate of drug-likeness (QED) is 0.245. The molecule has 0 heterocycles. The summed E-state index contributed by atoms with van der Waals surface area (Å²) in [5, 5.41) is 0. The van der Waals surface area contributed by atoms with Crippen LogP contribution < -0.4 is 5.48 Å². The van der Waals surface area contributed by atoms with Crippen molar-refractivity contribution in [1.29, 1.82) is 0 Å². The lowest BCUT2D eigenvalue weighted by Gasteiger charge is -2.06. The molecule has 1 aromatic rings. The summed E-state index contributed by atoms with van der Waals surface area (Å²) in [6.07, 6.45) is 16.6. The molecule has 0 aliphatic heterocycles. The first-order valence-corrected chi connectivity index (χ1v) is 10.8. The molecule has 0 aromatic heterocycles. The Morgan fingerprint density at radius 1 is 0.692 bits per heavy atom. The van der Waals surface area contributed by atoms with E-state index in [4.69, 9.17) is 4.84 Å². The van der Waals surface area contributed by atoms with Crippen LogP contribution in [0.4, 0.5) is 5.69 Å². The standard InChI is InChI=1S/C20H35NO.C3H8O/c1-2-3-4-5-6-7-8-9-10-11-12-16-19-22-21-20-17-14-13-15-18-20;1-3-4-2/h13-15,17-18,21H,2-12,16,19H2,1H3;3H2,1-2H3. The number of ether oxygens (including phenoxy) is 1. The van der Waals surface area contributed by atoms with E-state index in [-0.39, 0.29) is 0 Å². The van der Waals surface area contributed by atoms with Gasteiger partial charge in [0.2, 0.25) is 0 Å². The minimum atomic E-state index is 0.798. The maximum Gasteiger partial charge on any atom is 0.0746 e. The SMILES string of the molecule is CCCCCCCCCCCCCCONc1ccccc1.CCOC. The molecule has 0 bridgehead atoms. The normalized spacial score (nSPS) is 10.3. The van der Waals surface area contributed by atoms with Crippen molar-refractivity contribution in [2.24, 2.45) is 0 Å². The Morgan fingerprint density at radius 3 is 1.62 bits per heavy atom. The van der Waals surface area contributed by atoms with Crippen molar-refractivity contribution < 1.29 is 9.57 Å². The summed E-state index contributed by atoms with van der Waals surface area (Å²) in [7, 11) is 1.68. The summed E-state index contributed by atoms with van der Waals surface area (Å²) in [6.45, 7) is 5.86. The number of rotatable bonds is 16. The van der Waals surface area contributed by atoms with E-state index in [1.807, 2.05) is 37.3 Å². The Hall–Kier alpha value is -1.06. The van der Waals surface area contributed by atoms with E-state index >= 15 is 0 Å². The molecular formula is C23H43NO2. The minimum Gasteiger partial charge on any atom is -0.385 e. The average molecular weight is 366 g/mol. The molecule has 3 heteroatoms. The second kappa shape index (κ2) is 22.0. The number of methoxy groups -OCH3 is 1. The first-order chi connectivity index (χ1) is 12.8. The third-order valence-electron chi connectivity index (χ3n) is 4.35. The summed E-state index contributed by atoms with van der Waals surface area (Å²) >= 11 is 0. The van der Waals surface area contributed by atoms with E-state index in [2.05, 4.69) is 17.1 Å². The van der Waals surface area contributed by atoms with Crippen LogP contribution in [0, 0.1) is 0 Å². The molecule has 0 radical (unpaired) electrons. The fourth-order valence-electron chi connectivity index (χ4n) is 2.66. The lowest BCUT2D eigenvalue weighted by atomic mass is 10.1. The molecule has 0 spiro atoms. The number of para-hydroxylation sites is 1. The van der Waals surface area contributed by atoms with Crippen molar-refractivity contribution in [3.05, 3.63) is 30.3 Å². The summed E-state index contributed by atoms with van der Waals surface area (Å²) in [5.41, 5.74) is 4.01. The fraction of sp³-hybridized carbons (Fsp3) is 0.739. The molecule has 0 aliphatic rings. The lowest BCUT2D eigenvalue weighted by molar-refractivity contribution is 0.187. The van der Waals surface area contributed by atoms with Gasteiger partial charge in [0.1, 0.15) is 0 Å². The van der Waals surface area contributed by atoms with Gasteiger partial charge in [-0.1, -0.05) is 95.8 Å². The molecular weight excluding hydrogens is 322 g/mol. The molecule has 1 N–H and O–H groups in total. The molecule has 26 heavy (non-hydrogen) atoms. The van der Waals surface area contributed by atoms with E-state index in [9.17, 15) is 0 Å². The van der Waals surface area contributed by atoms with Gasteiger partial charge in [-0.3, -0.25) is 10.3 Å². The summed E-state index contributed by atoms with van der Waals surface area (Å²) in [6, 6.07) is 10.1. The van der Waals surface area contributed by atoms with Crippen LogP contribution in [0.5, 0.6) is 0 Å². The van der Waals surface area contributed by atoms with E-state index in [1.165, 1.54) is 70.6 Å². The molecule has 1 aromatic carbocycles. The predicted molar refractivity (Wildman–Crippen MR) is 115 cm³/mol. The Bertz CT molecular complexity index is 354. The van der Waals surface area contributed by atoms with E-state index < -0.39 is 0 Å². The fourth-order valence-corrected chi connectivity index (χ4v) is 2.66. The zero-order valence-electron chi connectivity index (χ0n) is 17.6. The van der Waals surface area contributed by atoms with Crippen LogP contribution in [0.1, 0.15) is 90.9 Å². The average Bonchev–Trinajstić information content (AvgIpc) is 2.69. The molecule has 1 rings (SSSR count). The smallest absolute Gasteiger partial charge is 0.0746 e. The monoisotopic (exact) mass is 365 g/mol. The molecule has 0 unspecified atom stereocenters. The molecule has 3 nitrogen and oxygen atoms in total. The van der Waals surface area contributed by atoms with Crippen molar-refractivity contribution in [3.8, 4) is 0 Å². The van der Waals surface area contributed by atoms with Gasteiger partial charge in [0.25, 0.3) is 0 Å². The van der Waals surface area contributed by atoms with Crippen LogP contribution in [0.25, 0.3) is 0 Å². The van der Waals surface area contributed by atoms with Gasteiger partial charge in [-0.2, -0.15) is 0 Å². The van der Waals surface area contributed by atoms with Crippen LogP contribution >= 0.6 is 0 Å². The van der Waals surface area contributed by atoms with Crippen molar-refractivity contribution >= 4 is 5.69 Å². The third-order valence-corrected chi connectivity index (χ3v) is 4.35. The highest BCUT2D eigenvalue weighted by atomic mass is 16.6. The highest BCUT2D eigenvalue weighted by Crippen LogP contribution is 2.12. The summed E-state index contributed by atoms with van der Waals surface area (Å²) in [5.74, 6) is 0. The Morgan fingerprint density at radius 2 is 1.15 bits per heavy atom. The van der Waals surface area contributed by atoms with Gasteiger partial charge in [0, 0.05) is 13.7 Å². The minimum absolute atomic E-state index is 0.798. The van der Waals surface area contributed by atoms with Gasteiger partial charge >= 0.3 is 0 Å². The molecule has 0 saturated heterocycles. The van der Waals surface area contributed by atoms with Crippen LogP contribution in [0.15, 0.2) is 30.3 Å². The second-order valence-electron chi connectivity index (χ2n) is 6.78. The zero-order chi connectivity index (χ0) is 19.1. The lowest BCUT2D eigenvalue weighted by Crippen LogP contribution is -2.02. The van der Waals surface area contributed by atoms with Crippen molar-refractivity contribution in [2.75, 3.05) is 25.8 Å². The van der Waals surface area contributed by atoms with E-state index in [0.717, 1.165) is 25.3 Å². The van der Waals surface area contributed by atoms with Gasteiger partial charge in [0.05, 0.1) is 12.3 Å². The van der Waals surface area contributed by atoms with Gasteiger partial charge in [-0.05, 0) is 25.5 Å². The van der Waals surface area contributed by atoms with Crippen molar-refractivity contribution in [2.45, 2.75) is 90.9 Å². The largest absolute Gasteiger partial charge is 0.385 e. The molecule has 0 atom stereocenters. The van der Waals surface area contributed by atoms with Crippen LogP contribution in [-0.4, -0.2) is 20.3 Å².